The molecule has 0 rings (SSSR count). The van der Waals surface area contributed by atoms with Crippen LogP contribution in [-0.2, 0) is 0 Å². The Morgan fingerprint density at radius 1 is 1.55 bits per heavy atom. The van der Waals surface area contributed by atoms with E-state index < -0.39 is 0 Å². The fraction of sp³-hybridized carbons (Fsp3) is 0.667. The van der Waals surface area contributed by atoms with E-state index in [2.05, 4.69) is 25.1 Å². The molecule has 0 aliphatic carbocycles. The normalized spacial score (nSPS) is 12.1. The van der Waals surface area contributed by atoms with Gasteiger partial charge >= 0.3 is 0 Å². The van der Waals surface area contributed by atoms with E-state index in [0.717, 1.165) is 6.54 Å². The highest BCUT2D eigenvalue weighted by molar-refractivity contribution is 5.02. The second-order valence-electron chi connectivity index (χ2n) is 2.88. The first kappa shape index (κ1) is 10.0. The molecule has 0 aromatic heterocycles. The van der Waals surface area contributed by atoms with Gasteiger partial charge in [-0.2, -0.15) is 5.26 Å². The van der Waals surface area contributed by atoms with Crippen LogP contribution in [0.4, 0.5) is 0 Å². The Hall–Kier alpha value is -0.990. The molecule has 0 aliphatic heterocycles. The number of nitrogens with zero attached hydrogens (tertiary/aromatic N) is 1. The molecular formula is C9H14N2. The average Bonchev–Trinajstić information content (AvgIpc) is 1.97. The Labute approximate surface area is 68.6 Å². The van der Waals surface area contributed by atoms with Crippen molar-refractivity contribution in [3.63, 3.8) is 0 Å². The van der Waals surface area contributed by atoms with Crippen LogP contribution in [0, 0.1) is 29.6 Å². The average molecular weight is 150 g/mol. The fourth-order valence-electron chi connectivity index (χ4n) is 0.659. The molecule has 60 valence electrons. The molecule has 0 amide bonds. The minimum Gasteiger partial charge on any atom is -0.303 e. The van der Waals surface area contributed by atoms with E-state index in [1.54, 1.807) is 0 Å². The maximum Gasteiger partial charge on any atom is 0.0818 e. The lowest BCUT2D eigenvalue weighted by molar-refractivity contribution is 0.521. The predicted octanol–water partition coefficient (Wildman–Crippen LogP) is 1.15. The molecule has 0 unspecified atom stereocenters. The largest absolute Gasteiger partial charge is 0.303 e. The third-order valence-corrected chi connectivity index (χ3v) is 1.27. The molecule has 0 spiro atoms. The second-order valence-corrected chi connectivity index (χ2v) is 2.88. The Morgan fingerprint density at radius 3 is 2.55 bits per heavy atom. The molecule has 0 bridgehead atoms. The summed E-state index contributed by atoms with van der Waals surface area (Å²) in [5.74, 6) is 3.10. The van der Waals surface area contributed by atoms with Crippen LogP contribution >= 0.6 is 0 Å². The van der Waals surface area contributed by atoms with Crippen LogP contribution in [0.5, 0.6) is 0 Å². The SMILES string of the molecule is C#C[C@H](CC#N)NCC(C)C. The molecule has 0 saturated carbocycles. The lowest BCUT2D eigenvalue weighted by Gasteiger charge is -2.10. The molecule has 0 aliphatic rings. The summed E-state index contributed by atoms with van der Waals surface area (Å²) in [5, 5.41) is 11.5. The van der Waals surface area contributed by atoms with Gasteiger partial charge in [-0.1, -0.05) is 19.8 Å². The monoisotopic (exact) mass is 150 g/mol. The summed E-state index contributed by atoms with van der Waals surface area (Å²) < 4.78 is 0. The molecule has 2 nitrogen and oxygen atoms in total. The molecule has 0 aromatic carbocycles. The Morgan fingerprint density at radius 2 is 2.18 bits per heavy atom. The van der Waals surface area contributed by atoms with Gasteiger partial charge in [0.15, 0.2) is 0 Å². The van der Waals surface area contributed by atoms with Gasteiger partial charge < -0.3 is 5.32 Å². The standard InChI is InChI=1S/C9H14N2/c1-4-9(5-6-10)11-7-8(2)3/h1,8-9,11H,5,7H2,2-3H3/t9-/m1/s1. The molecule has 0 radical (unpaired) electrons. The number of nitriles is 1. The third kappa shape index (κ3) is 5.45. The highest BCUT2D eigenvalue weighted by atomic mass is 14.9. The van der Waals surface area contributed by atoms with E-state index in [9.17, 15) is 0 Å². The number of hydrogen-bond donors (Lipinski definition) is 1. The van der Waals surface area contributed by atoms with Crippen molar-refractivity contribution in [3.05, 3.63) is 0 Å². The summed E-state index contributed by atoms with van der Waals surface area (Å²) in [6, 6.07) is 1.96. The first-order valence-corrected chi connectivity index (χ1v) is 3.77. The number of rotatable bonds is 4. The number of nitrogens with one attached hydrogen (secondary N) is 1. The second kappa shape index (κ2) is 5.77. The highest BCUT2D eigenvalue weighted by Crippen LogP contribution is 1.92. The molecule has 0 heterocycles. The van der Waals surface area contributed by atoms with Crippen molar-refractivity contribution in [2.75, 3.05) is 6.54 Å². The smallest absolute Gasteiger partial charge is 0.0818 e. The lowest BCUT2D eigenvalue weighted by Crippen LogP contribution is -2.30. The molecule has 0 aromatic rings. The molecule has 0 saturated heterocycles. The van der Waals surface area contributed by atoms with Crippen LogP contribution in [-0.4, -0.2) is 12.6 Å². The van der Waals surface area contributed by atoms with E-state index >= 15 is 0 Å². The Balaban J connectivity index is 3.56. The maximum absolute atomic E-state index is 8.35. The maximum atomic E-state index is 8.35. The quantitative estimate of drug-likeness (QED) is 0.610. The van der Waals surface area contributed by atoms with Crippen LogP contribution < -0.4 is 5.32 Å². The topological polar surface area (TPSA) is 35.8 Å². The molecule has 11 heavy (non-hydrogen) atoms. The zero-order valence-corrected chi connectivity index (χ0v) is 7.09. The van der Waals surface area contributed by atoms with E-state index in [-0.39, 0.29) is 6.04 Å². The van der Waals surface area contributed by atoms with Crippen molar-refractivity contribution in [2.45, 2.75) is 26.3 Å². The summed E-state index contributed by atoms with van der Waals surface area (Å²) in [5.41, 5.74) is 0. The zero-order chi connectivity index (χ0) is 8.69. The third-order valence-electron chi connectivity index (χ3n) is 1.27. The summed E-state index contributed by atoms with van der Waals surface area (Å²) in [7, 11) is 0. The molecular weight excluding hydrogens is 136 g/mol. The van der Waals surface area contributed by atoms with Crippen LogP contribution in [0.15, 0.2) is 0 Å². The summed E-state index contributed by atoms with van der Waals surface area (Å²) in [6.07, 6.45) is 5.57. The van der Waals surface area contributed by atoms with Gasteiger partial charge in [-0.25, -0.2) is 0 Å². The minimum absolute atomic E-state index is 0.0811. The summed E-state index contributed by atoms with van der Waals surface area (Å²) in [6.45, 7) is 5.08. The number of terminal acetylenes is 1. The fourth-order valence-corrected chi connectivity index (χ4v) is 0.659. The van der Waals surface area contributed by atoms with Crippen LogP contribution in [0.25, 0.3) is 0 Å². The van der Waals surface area contributed by atoms with Crippen molar-refractivity contribution in [3.8, 4) is 18.4 Å². The van der Waals surface area contributed by atoms with Gasteiger partial charge in [-0.3, -0.25) is 0 Å². The van der Waals surface area contributed by atoms with Gasteiger partial charge in [0.25, 0.3) is 0 Å². The van der Waals surface area contributed by atoms with E-state index in [1.807, 2.05) is 6.07 Å². The molecule has 1 atom stereocenters. The first-order chi connectivity index (χ1) is 5.20. The summed E-state index contributed by atoms with van der Waals surface area (Å²) in [4.78, 5) is 0. The first-order valence-electron chi connectivity index (χ1n) is 3.77. The van der Waals surface area contributed by atoms with E-state index in [4.69, 9.17) is 11.7 Å². The van der Waals surface area contributed by atoms with Crippen LogP contribution in [0.2, 0.25) is 0 Å². The van der Waals surface area contributed by atoms with Crippen LogP contribution in [0.3, 0.4) is 0 Å². The van der Waals surface area contributed by atoms with Gasteiger partial charge in [-0.15, -0.1) is 6.42 Å². The zero-order valence-electron chi connectivity index (χ0n) is 7.09. The van der Waals surface area contributed by atoms with Gasteiger partial charge in [0, 0.05) is 0 Å². The van der Waals surface area contributed by atoms with Crippen molar-refractivity contribution in [2.24, 2.45) is 5.92 Å². The lowest BCUT2D eigenvalue weighted by atomic mass is 10.2. The predicted molar refractivity (Wildman–Crippen MR) is 45.7 cm³/mol. The number of hydrogen-bond acceptors (Lipinski definition) is 2. The Kier molecular flexibility index (Phi) is 5.25. The minimum atomic E-state index is -0.0811. The Bertz CT molecular complexity index is 171. The highest BCUT2D eigenvalue weighted by Gasteiger charge is 2.02. The van der Waals surface area contributed by atoms with Crippen molar-refractivity contribution in [1.82, 2.24) is 5.32 Å². The molecule has 1 N–H and O–H groups in total. The van der Waals surface area contributed by atoms with Gasteiger partial charge in [0.05, 0.1) is 18.5 Å². The van der Waals surface area contributed by atoms with Gasteiger partial charge in [-0.05, 0) is 12.5 Å². The summed E-state index contributed by atoms with van der Waals surface area (Å²) >= 11 is 0. The van der Waals surface area contributed by atoms with Gasteiger partial charge in [0.2, 0.25) is 0 Å². The van der Waals surface area contributed by atoms with Crippen molar-refractivity contribution < 1.29 is 0 Å². The van der Waals surface area contributed by atoms with E-state index in [1.165, 1.54) is 0 Å². The molecule has 2 heteroatoms. The van der Waals surface area contributed by atoms with E-state index in [0.29, 0.717) is 12.3 Å². The molecule has 0 fully saturated rings. The van der Waals surface area contributed by atoms with Crippen molar-refractivity contribution in [1.29, 1.82) is 5.26 Å². The van der Waals surface area contributed by atoms with Crippen molar-refractivity contribution >= 4 is 0 Å². The van der Waals surface area contributed by atoms with Gasteiger partial charge in [0.1, 0.15) is 0 Å². The van der Waals surface area contributed by atoms with Crippen LogP contribution in [0.1, 0.15) is 20.3 Å².